The number of carbonyl (C=O) groups excluding carboxylic acids is 2. The van der Waals surface area contributed by atoms with Crippen molar-refractivity contribution in [2.75, 3.05) is 6.54 Å². The lowest BCUT2D eigenvalue weighted by molar-refractivity contribution is -0.131. The van der Waals surface area contributed by atoms with E-state index in [9.17, 15) is 9.59 Å². The van der Waals surface area contributed by atoms with Crippen LogP contribution in [-0.2, 0) is 16.1 Å². The first-order chi connectivity index (χ1) is 9.52. The standard InChI is InChI=1S/C15H17BrN2O2/c1-2-3-4-5-15(20)18(11-14(17)19)10-12-6-8-13(16)9-7-12/h2-9H,10-11H2,1H3,(H2,17,19). The van der Waals surface area contributed by atoms with Gasteiger partial charge < -0.3 is 10.6 Å². The van der Waals surface area contributed by atoms with Crippen LogP contribution in [0, 0.1) is 0 Å². The number of rotatable bonds is 6. The highest BCUT2D eigenvalue weighted by atomic mass is 79.9. The predicted octanol–water partition coefficient (Wildman–Crippen LogP) is 2.40. The van der Waals surface area contributed by atoms with Crippen molar-refractivity contribution in [3.63, 3.8) is 0 Å². The fraction of sp³-hybridized carbons (Fsp3) is 0.200. The number of allylic oxidation sites excluding steroid dienone is 3. The van der Waals surface area contributed by atoms with E-state index in [2.05, 4.69) is 15.9 Å². The van der Waals surface area contributed by atoms with E-state index in [0.29, 0.717) is 6.54 Å². The zero-order valence-electron chi connectivity index (χ0n) is 11.3. The number of carbonyl (C=O) groups is 2. The number of nitrogens with two attached hydrogens (primary N) is 1. The molecule has 0 bridgehead atoms. The van der Waals surface area contributed by atoms with Gasteiger partial charge in [0, 0.05) is 17.1 Å². The minimum absolute atomic E-state index is 0.102. The maximum Gasteiger partial charge on any atom is 0.247 e. The summed E-state index contributed by atoms with van der Waals surface area (Å²) in [6.07, 6.45) is 6.62. The summed E-state index contributed by atoms with van der Waals surface area (Å²) in [6, 6.07) is 7.55. The molecule has 106 valence electrons. The van der Waals surface area contributed by atoms with Gasteiger partial charge in [-0.1, -0.05) is 46.3 Å². The van der Waals surface area contributed by atoms with E-state index in [4.69, 9.17) is 5.73 Å². The normalized spacial score (nSPS) is 11.1. The number of hydrogen-bond acceptors (Lipinski definition) is 2. The summed E-state index contributed by atoms with van der Waals surface area (Å²) in [4.78, 5) is 24.5. The van der Waals surface area contributed by atoms with Crippen LogP contribution in [0.3, 0.4) is 0 Å². The number of hydrogen-bond donors (Lipinski definition) is 1. The van der Waals surface area contributed by atoms with E-state index in [1.54, 1.807) is 12.2 Å². The van der Waals surface area contributed by atoms with Gasteiger partial charge in [-0.2, -0.15) is 0 Å². The van der Waals surface area contributed by atoms with E-state index in [-0.39, 0.29) is 12.5 Å². The summed E-state index contributed by atoms with van der Waals surface area (Å²) < 4.78 is 0.960. The molecular formula is C15H17BrN2O2. The molecule has 2 amide bonds. The average molecular weight is 337 g/mol. The lowest BCUT2D eigenvalue weighted by Crippen LogP contribution is -2.37. The number of primary amides is 1. The molecule has 0 radical (unpaired) electrons. The largest absolute Gasteiger partial charge is 0.368 e. The van der Waals surface area contributed by atoms with Crippen molar-refractivity contribution in [3.05, 3.63) is 58.6 Å². The van der Waals surface area contributed by atoms with Crippen LogP contribution in [-0.4, -0.2) is 23.3 Å². The van der Waals surface area contributed by atoms with Crippen molar-refractivity contribution < 1.29 is 9.59 Å². The van der Waals surface area contributed by atoms with Gasteiger partial charge in [-0.15, -0.1) is 0 Å². The Hall–Kier alpha value is -1.88. The molecule has 20 heavy (non-hydrogen) atoms. The second kappa shape index (κ2) is 8.32. The summed E-state index contributed by atoms with van der Waals surface area (Å²) in [7, 11) is 0. The Balaban J connectivity index is 2.80. The van der Waals surface area contributed by atoms with Crippen LogP contribution in [0.1, 0.15) is 12.5 Å². The number of nitrogens with zero attached hydrogens (tertiary/aromatic N) is 1. The Kier molecular flexibility index (Phi) is 6.73. The molecule has 1 aromatic rings. The Labute approximate surface area is 127 Å². The third-order valence-corrected chi connectivity index (χ3v) is 3.02. The first kappa shape index (κ1) is 16.2. The van der Waals surface area contributed by atoms with Gasteiger partial charge in [0.2, 0.25) is 11.8 Å². The lowest BCUT2D eigenvalue weighted by Gasteiger charge is -2.19. The van der Waals surface area contributed by atoms with Crippen molar-refractivity contribution >= 4 is 27.7 Å². The van der Waals surface area contributed by atoms with Gasteiger partial charge in [0.25, 0.3) is 0 Å². The predicted molar refractivity (Wildman–Crippen MR) is 82.7 cm³/mol. The van der Waals surface area contributed by atoms with Crippen LogP contribution < -0.4 is 5.73 Å². The van der Waals surface area contributed by atoms with Crippen LogP contribution in [0.2, 0.25) is 0 Å². The van der Waals surface area contributed by atoms with Gasteiger partial charge in [0.1, 0.15) is 0 Å². The zero-order chi connectivity index (χ0) is 15.0. The average Bonchev–Trinajstić information content (AvgIpc) is 2.40. The molecule has 0 heterocycles. The lowest BCUT2D eigenvalue weighted by atomic mass is 10.2. The van der Waals surface area contributed by atoms with Crippen molar-refractivity contribution in [2.45, 2.75) is 13.5 Å². The topological polar surface area (TPSA) is 63.4 Å². The number of amides is 2. The van der Waals surface area contributed by atoms with Gasteiger partial charge in [-0.25, -0.2) is 0 Å². The van der Waals surface area contributed by atoms with Gasteiger partial charge in [-0.3, -0.25) is 9.59 Å². The fourth-order valence-corrected chi connectivity index (χ4v) is 1.83. The van der Waals surface area contributed by atoms with Crippen LogP contribution in [0.4, 0.5) is 0 Å². The summed E-state index contributed by atoms with van der Waals surface area (Å²) >= 11 is 3.35. The van der Waals surface area contributed by atoms with E-state index in [0.717, 1.165) is 10.0 Å². The van der Waals surface area contributed by atoms with Crippen molar-refractivity contribution in [2.24, 2.45) is 5.73 Å². The summed E-state index contributed by atoms with van der Waals surface area (Å²) in [6.45, 7) is 2.10. The molecule has 1 rings (SSSR count). The van der Waals surface area contributed by atoms with Gasteiger partial charge >= 0.3 is 0 Å². The summed E-state index contributed by atoms with van der Waals surface area (Å²) in [5, 5.41) is 0. The Morgan fingerprint density at radius 1 is 1.25 bits per heavy atom. The molecule has 0 atom stereocenters. The van der Waals surface area contributed by atoms with E-state index in [1.165, 1.54) is 11.0 Å². The smallest absolute Gasteiger partial charge is 0.247 e. The Morgan fingerprint density at radius 2 is 1.90 bits per heavy atom. The van der Waals surface area contributed by atoms with E-state index < -0.39 is 5.91 Å². The highest BCUT2D eigenvalue weighted by molar-refractivity contribution is 9.10. The highest BCUT2D eigenvalue weighted by Gasteiger charge is 2.13. The van der Waals surface area contributed by atoms with Crippen LogP contribution in [0.15, 0.2) is 53.0 Å². The molecule has 0 unspecified atom stereocenters. The molecule has 0 aliphatic heterocycles. The minimum Gasteiger partial charge on any atom is -0.368 e. The summed E-state index contributed by atoms with van der Waals surface area (Å²) in [5.74, 6) is -0.778. The quantitative estimate of drug-likeness (QED) is 0.640. The van der Waals surface area contributed by atoms with Crippen molar-refractivity contribution in [1.29, 1.82) is 0 Å². The zero-order valence-corrected chi connectivity index (χ0v) is 12.8. The monoisotopic (exact) mass is 336 g/mol. The van der Waals surface area contributed by atoms with E-state index in [1.807, 2.05) is 37.3 Å². The highest BCUT2D eigenvalue weighted by Crippen LogP contribution is 2.12. The summed E-state index contributed by atoms with van der Waals surface area (Å²) in [5.41, 5.74) is 6.12. The van der Waals surface area contributed by atoms with Gasteiger partial charge in [0.05, 0.1) is 6.54 Å². The first-order valence-corrected chi connectivity index (χ1v) is 6.93. The number of halogens is 1. The van der Waals surface area contributed by atoms with Crippen molar-refractivity contribution in [1.82, 2.24) is 4.90 Å². The molecular weight excluding hydrogens is 320 g/mol. The van der Waals surface area contributed by atoms with Crippen LogP contribution >= 0.6 is 15.9 Å². The van der Waals surface area contributed by atoms with Gasteiger partial charge in [0.15, 0.2) is 0 Å². The third kappa shape index (κ3) is 5.84. The van der Waals surface area contributed by atoms with Crippen LogP contribution in [0.25, 0.3) is 0 Å². The SMILES string of the molecule is CC=CC=CC(=O)N(CC(N)=O)Cc1ccc(Br)cc1. The molecule has 0 aliphatic rings. The van der Waals surface area contributed by atoms with Crippen molar-refractivity contribution in [3.8, 4) is 0 Å². The molecule has 0 aliphatic carbocycles. The second-order valence-electron chi connectivity index (χ2n) is 4.17. The maximum absolute atomic E-state index is 12.0. The van der Waals surface area contributed by atoms with Gasteiger partial charge in [-0.05, 0) is 24.6 Å². The first-order valence-electron chi connectivity index (χ1n) is 6.14. The molecule has 0 spiro atoms. The molecule has 0 saturated heterocycles. The van der Waals surface area contributed by atoms with Crippen LogP contribution in [0.5, 0.6) is 0 Å². The Morgan fingerprint density at radius 3 is 2.45 bits per heavy atom. The molecule has 4 nitrogen and oxygen atoms in total. The second-order valence-corrected chi connectivity index (χ2v) is 5.09. The third-order valence-electron chi connectivity index (χ3n) is 2.49. The molecule has 5 heteroatoms. The Bertz CT molecular complexity index is 521. The van der Waals surface area contributed by atoms with E-state index >= 15 is 0 Å². The molecule has 0 saturated carbocycles. The maximum atomic E-state index is 12.0. The number of benzene rings is 1. The molecule has 2 N–H and O–H groups in total. The molecule has 0 aromatic heterocycles. The fourth-order valence-electron chi connectivity index (χ4n) is 1.56. The molecule has 0 fully saturated rings. The molecule has 1 aromatic carbocycles. The minimum atomic E-state index is -0.533.